The number of rotatable bonds is 5. The minimum Gasteiger partial charge on any atom is -0.479 e. The van der Waals surface area contributed by atoms with E-state index in [0.717, 1.165) is 5.56 Å². The summed E-state index contributed by atoms with van der Waals surface area (Å²) in [5.41, 5.74) is 1.35. The molecule has 3 rings (SSSR count). The Balaban J connectivity index is 1.78. The van der Waals surface area contributed by atoms with Crippen molar-refractivity contribution in [2.45, 2.75) is 20.0 Å². The van der Waals surface area contributed by atoms with Crippen LogP contribution >= 0.6 is 0 Å². The van der Waals surface area contributed by atoms with Crippen molar-refractivity contribution in [3.8, 4) is 11.5 Å². The largest absolute Gasteiger partial charge is 0.479 e. The zero-order valence-corrected chi connectivity index (χ0v) is 14.0. The van der Waals surface area contributed by atoms with E-state index in [1.54, 1.807) is 38.1 Å². The molecule has 0 aromatic heterocycles. The van der Waals surface area contributed by atoms with E-state index >= 15 is 0 Å². The lowest BCUT2D eigenvalue weighted by Gasteiger charge is -2.13. The van der Waals surface area contributed by atoms with Crippen molar-refractivity contribution < 1.29 is 23.8 Å². The highest BCUT2D eigenvalue weighted by Gasteiger charge is 2.28. The van der Waals surface area contributed by atoms with Crippen LogP contribution in [0.4, 0.5) is 0 Å². The van der Waals surface area contributed by atoms with E-state index in [9.17, 15) is 9.59 Å². The van der Waals surface area contributed by atoms with Gasteiger partial charge in [0.1, 0.15) is 11.5 Å². The molecule has 0 saturated carbocycles. The number of hydrogen-bond acceptors (Lipinski definition) is 5. The lowest BCUT2D eigenvalue weighted by molar-refractivity contribution is -0.150. The zero-order chi connectivity index (χ0) is 17.8. The predicted molar refractivity (Wildman–Crippen MR) is 92.5 cm³/mol. The van der Waals surface area contributed by atoms with Crippen molar-refractivity contribution in [1.82, 2.24) is 0 Å². The molecule has 5 heteroatoms. The van der Waals surface area contributed by atoms with Crippen molar-refractivity contribution in [3.05, 3.63) is 65.4 Å². The summed E-state index contributed by atoms with van der Waals surface area (Å²) in [7, 11) is 0. The van der Waals surface area contributed by atoms with E-state index in [1.165, 1.54) is 0 Å². The molecule has 2 aromatic carbocycles. The second-order valence-corrected chi connectivity index (χ2v) is 5.52. The maximum absolute atomic E-state index is 12.4. The van der Waals surface area contributed by atoms with E-state index in [0.29, 0.717) is 23.7 Å². The van der Waals surface area contributed by atoms with Gasteiger partial charge in [0.15, 0.2) is 11.9 Å². The number of carbonyl (C=O) groups is 2. The number of carbonyl (C=O) groups excluding carboxylic acids is 2. The third-order valence-corrected chi connectivity index (χ3v) is 3.67. The van der Waals surface area contributed by atoms with Gasteiger partial charge in [0, 0.05) is 6.07 Å². The zero-order valence-electron chi connectivity index (χ0n) is 14.0. The van der Waals surface area contributed by atoms with Gasteiger partial charge in [-0.3, -0.25) is 4.79 Å². The average molecular weight is 338 g/mol. The van der Waals surface area contributed by atoms with Crippen molar-refractivity contribution in [1.29, 1.82) is 0 Å². The lowest BCUT2D eigenvalue weighted by atomic mass is 10.1. The summed E-state index contributed by atoms with van der Waals surface area (Å²) in [4.78, 5) is 24.1. The number of fused-ring (bicyclic) bond motifs is 1. The fourth-order valence-corrected chi connectivity index (χ4v) is 2.45. The van der Waals surface area contributed by atoms with E-state index in [1.807, 2.05) is 30.3 Å². The van der Waals surface area contributed by atoms with Gasteiger partial charge in [0.25, 0.3) is 0 Å². The second kappa shape index (κ2) is 7.21. The molecule has 2 aromatic rings. The van der Waals surface area contributed by atoms with Gasteiger partial charge in [-0.25, -0.2) is 4.79 Å². The highest BCUT2D eigenvalue weighted by atomic mass is 16.6. The van der Waals surface area contributed by atoms with E-state index < -0.39 is 12.1 Å². The molecular weight excluding hydrogens is 320 g/mol. The molecule has 1 atom stereocenters. The molecule has 128 valence electrons. The molecule has 25 heavy (non-hydrogen) atoms. The normalized spacial score (nSPS) is 15.4. The van der Waals surface area contributed by atoms with Gasteiger partial charge >= 0.3 is 5.97 Å². The molecule has 0 fully saturated rings. The number of hydrogen-bond donors (Lipinski definition) is 0. The van der Waals surface area contributed by atoms with Crippen LogP contribution in [-0.2, 0) is 9.53 Å². The van der Waals surface area contributed by atoms with Crippen LogP contribution in [0.3, 0.4) is 0 Å². The molecule has 5 nitrogen and oxygen atoms in total. The number of esters is 1. The van der Waals surface area contributed by atoms with E-state index in [4.69, 9.17) is 14.2 Å². The Bertz CT molecular complexity index is 823. The third kappa shape index (κ3) is 3.71. The molecule has 1 aliphatic rings. The first-order valence-electron chi connectivity index (χ1n) is 8.05. The number of ketones is 1. The molecule has 0 saturated heterocycles. The summed E-state index contributed by atoms with van der Waals surface area (Å²) >= 11 is 0. The summed E-state index contributed by atoms with van der Waals surface area (Å²) in [5.74, 6) is 0.499. The summed E-state index contributed by atoms with van der Waals surface area (Å²) in [6.45, 7) is 3.64. The molecule has 0 amide bonds. The number of ether oxygens (including phenoxy) is 3. The van der Waals surface area contributed by atoms with Gasteiger partial charge in [-0.1, -0.05) is 30.3 Å². The monoisotopic (exact) mass is 338 g/mol. The summed E-state index contributed by atoms with van der Waals surface area (Å²) in [5, 5.41) is 0. The SMILES string of the molecule is CCOC(=O)[C@@H](C)Oc1ccc2c(c1)O/C(=C\c1ccccc1)C2=O. The number of Topliss-reactive ketones (excluding diaryl/α,β-unsaturated/α-hetero) is 1. The molecule has 0 N–H and O–H groups in total. The minimum atomic E-state index is -0.741. The van der Waals surface area contributed by atoms with Crippen LogP contribution in [-0.4, -0.2) is 24.5 Å². The summed E-state index contributed by atoms with van der Waals surface area (Å²) < 4.78 is 16.1. The molecule has 0 radical (unpaired) electrons. The molecule has 1 aliphatic heterocycles. The van der Waals surface area contributed by atoms with Gasteiger partial charge in [-0.2, -0.15) is 0 Å². The van der Waals surface area contributed by atoms with Crippen molar-refractivity contribution >= 4 is 17.8 Å². The van der Waals surface area contributed by atoms with Crippen molar-refractivity contribution in [3.63, 3.8) is 0 Å². The predicted octanol–water partition coefficient (Wildman–Crippen LogP) is 3.63. The van der Waals surface area contributed by atoms with Crippen molar-refractivity contribution in [2.75, 3.05) is 6.61 Å². The third-order valence-electron chi connectivity index (χ3n) is 3.67. The Morgan fingerprint density at radius 3 is 2.68 bits per heavy atom. The molecular formula is C20H18O5. The highest BCUT2D eigenvalue weighted by molar-refractivity contribution is 6.14. The fourth-order valence-electron chi connectivity index (χ4n) is 2.45. The van der Waals surface area contributed by atoms with Gasteiger partial charge in [-0.15, -0.1) is 0 Å². The van der Waals surface area contributed by atoms with Crippen LogP contribution in [0.1, 0.15) is 29.8 Å². The Kier molecular flexibility index (Phi) is 4.84. The smallest absolute Gasteiger partial charge is 0.347 e. The van der Waals surface area contributed by atoms with E-state index in [-0.39, 0.29) is 11.5 Å². The summed E-state index contributed by atoms with van der Waals surface area (Å²) in [6, 6.07) is 14.4. The molecule has 0 unspecified atom stereocenters. The van der Waals surface area contributed by atoms with Crippen molar-refractivity contribution in [2.24, 2.45) is 0 Å². The minimum absolute atomic E-state index is 0.177. The first-order valence-corrected chi connectivity index (χ1v) is 8.05. The number of allylic oxidation sites excluding steroid dienone is 1. The fraction of sp³-hybridized carbons (Fsp3) is 0.200. The quantitative estimate of drug-likeness (QED) is 0.615. The maximum atomic E-state index is 12.4. The van der Waals surface area contributed by atoms with Crippen LogP contribution < -0.4 is 9.47 Å². The maximum Gasteiger partial charge on any atom is 0.347 e. The molecule has 0 spiro atoms. The van der Waals surface area contributed by atoms with Crippen LogP contribution in [0.5, 0.6) is 11.5 Å². The Morgan fingerprint density at radius 2 is 1.96 bits per heavy atom. The standard InChI is InChI=1S/C20H18O5/c1-3-23-20(22)13(2)24-15-9-10-16-17(12-15)25-18(19(16)21)11-14-7-5-4-6-8-14/h4-13H,3H2,1-2H3/b18-11-/t13-/m1/s1. The van der Waals surface area contributed by atoms with Gasteiger partial charge in [0.2, 0.25) is 5.78 Å². The Hall–Kier alpha value is -3.08. The molecule has 0 aliphatic carbocycles. The van der Waals surface area contributed by atoms with E-state index in [2.05, 4.69) is 0 Å². The highest BCUT2D eigenvalue weighted by Crippen LogP contribution is 2.35. The molecule has 0 bridgehead atoms. The summed E-state index contributed by atoms with van der Waals surface area (Å²) in [6.07, 6.45) is 0.957. The van der Waals surface area contributed by atoms with Crippen LogP contribution in [0.25, 0.3) is 6.08 Å². The van der Waals surface area contributed by atoms with Crippen LogP contribution in [0.2, 0.25) is 0 Å². The van der Waals surface area contributed by atoms with Crippen LogP contribution in [0, 0.1) is 0 Å². The number of benzene rings is 2. The van der Waals surface area contributed by atoms with Gasteiger partial charge in [0.05, 0.1) is 12.2 Å². The van der Waals surface area contributed by atoms with Crippen LogP contribution in [0.15, 0.2) is 54.3 Å². The topological polar surface area (TPSA) is 61.8 Å². The first-order chi connectivity index (χ1) is 12.1. The molecule has 1 heterocycles. The first kappa shape index (κ1) is 16.8. The van der Waals surface area contributed by atoms with Gasteiger partial charge in [-0.05, 0) is 37.6 Å². The average Bonchev–Trinajstić information content (AvgIpc) is 2.91. The Morgan fingerprint density at radius 1 is 1.20 bits per heavy atom. The Labute approximate surface area is 145 Å². The van der Waals surface area contributed by atoms with Gasteiger partial charge < -0.3 is 14.2 Å². The second-order valence-electron chi connectivity index (χ2n) is 5.52. The lowest BCUT2D eigenvalue weighted by Crippen LogP contribution is -2.26.